The second-order valence-electron chi connectivity index (χ2n) is 9.42. The van der Waals surface area contributed by atoms with Crippen LogP contribution in [0.4, 0.5) is 5.82 Å². The van der Waals surface area contributed by atoms with Crippen molar-refractivity contribution < 1.29 is 14.3 Å². The number of imide groups is 1. The summed E-state index contributed by atoms with van der Waals surface area (Å²) in [6.45, 7) is 9.33. The van der Waals surface area contributed by atoms with Gasteiger partial charge in [0.25, 0.3) is 11.8 Å². The van der Waals surface area contributed by atoms with Crippen LogP contribution in [0.5, 0.6) is 5.75 Å². The van der Waals surface area contributed by atoms with Crippen molar-refractivity contribution in [3.05, 3.63) is 47.3 Å². The average Bonchev–Trinajstić information content (AvgIpc) is 3.24. The Morgan fingerprint density at radius 2 is 1.83 bits per heavy atom. The van der Waals surface area contributed by atoms with Gasteiger partial charge in [-0.05, 0) is 69.3 Å². The van der Waals surface area contributed by atoms with Crippen molar-refractivity contribution >= 4 is 39.2 Å². The van der Waals surface area contributed by atoms with Gasteiger partial charge in [-0.25, -0.2) is 9.97 Å². The molecule has 2 aromatic heterocycles. The van der Waals surface area contributed by atoms with Gasteiger partial charge in [-0.2, -0.15) is 5.01 Å². The first kappa shape index (κ1) is 24.8. The number of nitrogens with one attached hydrogen (secondary N) is 1. The third-order valence-corrected chi connectivity index (χ3v) is 6.90. The summed E-state index contributed by atoms with van der Waals surface area (Å²) in [6.07, 6.45) is 2.02. The van der Waals surface area contributed by atoms with Gasteiger partial charge in [-0.3, -0.25) is 15.0 Å². The molecule has 2 amide bonds. The number of hydrogen-bond donors (Lipinski definition) is 1. The zero-order valence-corrected chi connectivity index (χ0v) is 21.8. The molecular weight excluding hydrogens is 462 g/mol. The van der Waals surface area contributed by atoms with Crippen LogP contribution < -0.4 is 10.2 Å². The summed E-state index contributed by atoms with van der Waals surface area (Å²) in [5.74, 6) is 1.56. The zero-order chi connectivity index (χ0) is 25.3. The van der Waals surface area contributed by atoms with Crippen LogP contribution in [-0.4, -0.2) is 58.9 Å². The zero-order valence-electron chi connectivity index (χ0n) is 21.0. The van der Waals surface area contributed by atoms with Crippen molar-refractivity contribution in [3.8, 4) is 16.2 Å². The molecule has 4 rings (SSSR count). The van der Waals surface area contributed by atoms with Gasteiger partial charge in [0.1, 0.15) is 23.0 Å². The lowest BCUT2D eigenvalue weighted by atomic mass is 10.1. The number of carbonyl (C=O) groups excluding carboxylic acids is 2. The molecule has 1 N–H and O–H groups in total. The number of hydrogen-bond acceptors (Lipinski definition) is 8. The van der Waals surface area contributed by atoms with Gasteiger partial charge in [-0.1, -0.05) is 13.8 Å². The summed E-state index contributed by atoms with van der Waals surface area (Å²) in [6, 6.07) is 8.03. The van der Waals surface area contributed by atoms with Crippen LogP contribution in [0.1, 0.15) is 32.2 Å². The number of benzene rings is 1. The summed E-state index contributed by atoms with van der Waals surface area (Å²) >= 11 is 1.58. The molecule has 3 aromatic rings. The van der Waals surface area contributed by atoms with E-state index in [0.29, 0.717) is 36.2 Å². The maximum Gasteiger partial charge on any atom is 0.275 e. The lowest BCUT2D eigenvalue weighted by molar-refractivity contribution is -0.135. The fraction of sp³-hybridized carbons (Fsp3) is 0.385. The molecular formula is C26H31N5O3S. The maximum atomic E-state index is 12.5. The van der Waals surface area contributed by atoms with Gasteiger partial charge in [0.05, 0.1) is 5.39 Å². The number of thiophene rings is 1. The summed E-state index contributed by atoms with van der Waals surface area (Å²) in [4.78, 5) is 38.4. The third kappa shape index (κ3) is 5.36. The molecule has 0 aliphatic carbocycles. The second-order valence-corrected chi connectivity index (χ2v) is 10.4. The molecule has 0 bridgehead atoms. The van der Waals surface area contributed by atoms with Crippen molar-refractivity contribution in [3.63, 3.8) is 0 Å². The monoisotopic (exact) mass is 493 g/mol. The van der Waals surface area contributed by atoms with E-state index in [-0.39, 0.29) is 5.91 Å². The average molecular weight is 494 g/mol. The number of anilines is 1. The van der Waals surface area contributed by atoms with Gasteiger partial charge in [0, 0.05) is 29.5 Å². The van der Waals surface area contributed by atoms with E-state index in [1.165, 1.54) is 6.08 Å². The summed E-state index contributed by atoms with van der Waals surface area (Å²) in [5, 5.41) is 1.83. The number of amides is 2. The van der Waals surface area contributed by atoms with E-state index in [1.54, 1.807) is 18.3 Å². The quantitative estimate of drug-likeness (QED) is 0.441. The Kier molecular flexibility index (Phi) is 7.18. The lowest BCUT2D eigenvalue weighted by Crippen LogP contribution is -2.36. The van der Waals surface area contributed by atoms with Gasteiger partial charge >= 0.3 is 0 Å². The number of carbonyl (C=O) groups is 2. The Morgan fingerprint density at radius 1 is 1.11 bits per heavy atom. The van der Waals surface area contributed by atoms with Crippen molar-refractivity contribution in [2.24, 2.45) is 5.92 Å². The molecule has 9 heteroatoms. The van der Waals surface area contributed by atoms with Gasteiger partial charge in [0.15, 0.2) is 5.82 Å². The number of aromatic nitrogens is 2. The Morgan fingerprint density at radius 3 is 2.43 bits per heavy atom. The molecule has 0 saturated carbocycles. The van der Waals surface area contributed by atoms with Crippen LogP contribution in [0, 0.1) is 12.8 Å². The van der Waals surface area contributed by atoms with E-state index in [9.17, 15) is 9.59 Å². The maximum absolute atomic E-state index is 12.5. The highest BCUT2D eigenvalue weighted by molar-refractivity contribution is 7.22. The van der Waals surface area contributed by atoms with E-state index in [2.05, 4.69) is 24.2 Å². The highest BCUT2D eigenvalue weighted by atomic mass is 32.1. The highest BCUT2D eigenvalue weighted by Gasteiger charge is 2.30. The molecule has 1 aliphatic rings. The predicted octanol–water partition coefficient (Wildman–Crippen LogP) is 4.45. The summed E-state index contributed by atoms with van der Waals surface area (Å²) in [7, 11) is 4.03. The first-order valence-electron chi connectivity index (χ1n) is 11.7. The van der Waals surface area contributed by atoms with Crippen LogP contribution >= 0.6 is 11.3 Å². The number of hydrazine groups is 1. The highest BCUT2D eigenvalue weighted by Crippen LogP contribution is 2.41. The molecule has 35 heavy (non-hydrogen) atoms. The number of likely N-dealkylation sites (N-methyl/N-ethyl adjacent to an activating group) is 1. The van der Waals surface area contributed by atoms with Crippen LogP contribution in [0.3, 0.4) is 0 Å². The number of ether oxygens (including phenoxy) is 1. The number of rotatable bonds is 9. The standard InChI is InChI=1S/C26H31N5O3S/c1-15(2)13-20-27-24(29-31-21(32)14-16(3)26(31)33)22-17(4)23(35-25(22)28-20)18-7-9-19(10-8-18)34-12-11-30(5)6/h7-10,14-15H,11-13H2,1-6H3,(H,27,28,29). The van der Waals surface area contributed by atoms with Crippen molar-refractivity contribution in [1.82, 2.24) is 19.9 Å². The molecule has 1 aromatic carbocycles. The van der Waals surface area contributed by atoms with Gasteiger partial charge < -0.3 is 9.64 Å². The Balaban J connectivity index is 1.70. The normalized spacial score (nSPS) is 13.9. The number of nitrogens with zero attached hydrogens (tertiary/aromatic N) is 4. The Hall–Kier alpha value is -3.30. The van der Waals surface area contributed by atoms with E-state index < -0.39 is 5.91 Å². The minimum absolute atomic E-state index is 0.361. The SMILES string of the molecule is CC1=CC(=O)N(Nc2nc(CC(C)C)nc3sc(-c4ccc(OCCN(C)C)cc4)c(C)c23)C1=O. The number of fused-ring (bicyclic) bond motifs is 1. The van der Waals surface area contributed by atoms with Gasteiger partial charge in [0.2, 0.25) is 0 Å². The smallest absolute Gasteiger partial charge is 0.275 e. The lowest BCUT2D eigenvalue weighted by Gasteiger charge is -2.18. The molecule has 0 fully saturated rings. The molecule has 184 valence electrons. The fourth-order valence-corrected chi connectivity index (χ4v) is 5.05. The Labute approximate surface area is 209 Å². The summed E-state index contributed by atoms with van der Waals surface area (Å²) in [5.41, 5.74) is 5.43. The molecule has 0 unspecified atom stereocenters. The van der Waals surface area contributed by atoms with Crippen LogP contribution in [0.25, 0.3) is 20.7 Å². The minimum atomic E-state index is -0.400. The van der Waals surface area contributed by atoms with E-state index in [1.807, 2.05) is 45.3 Å². The Bertz CT molecular complexity index is 1290. The van der Waals surface area contributed by atoms with Crippen LogP contribution in [-0.2, 0) is 16.0 Å². The third-order valence-electron chi connectivity index (χ3n) is 5.67. The predicted molar refractivity (Wildman–Crippen MR) is 139 cm³/mol. The molecule has 1 aliphatic heterocycles. The molecule has 0 spiro atoms. The first-order valence-corrected chi connectivity index (χ1v) is 12.5. The topological polar surface area (TPSA) is 87.7 Å². The van der Waals surface area contributed by atoms with E-state index >= 15 is 0 Å². The molecule has 0 radical (unpaired) electrons. The van der Waals surface area contributed by atoms with Crippen molar-refractivity contribution in [2.75, 3.05) is 32.7 Å². The molecule has 3 heterocycles. The second kappa shape index (κ2) is 10.1. The van der Waals surface area contributed by atoms with Crippen LogP contribution in [0.2, 0.25) is 0 Å². The van der Waals surface area contributed by atoms with Crippen LogP contribution in [0.15, 0.2) is 35.9 Å². The molecule has 0 saturated heterocycles. The fourth-order valence-electron chi connectivity index (χ4n) is 3.84. The number of aryl methyl sites for hydroxylation is 1. The molecule has 8 nitrogen and oxygen atoms in total. The van der Waals surface area contributed by atoms with Crippen molar-refractivity contribution in [2.45, 2.75) is 34.1 Å². The first-order chi connectivity index (χ1) is 16.6. The van der Waals surface area contributed by atoms with Gasteiger partial charge in [-0.15, -0.1) is 11.3 Å². The van der Waals surface area contributed by atoms with Crippen molar-refractivity contribution in [1.29, 1.82) is 0 Å². The molecule has 0 atom stereocenters. The summed E-state index contributed by atoms with van der Waals surface area (Å²) < 4.78 is 5.83. The van der Waals surface area contributed by atoms with E-state index in [0.717, 1.165) is 43.5 Å². The largest absolute Gasteiger partial charge is 0.492 e. The minimum Gasteiger partial charge on any atom is -0.492 e. The van der Waals surface area contributed by atoms with E-state index in [4.69, 9.17) is 14.7 Å².